The van der Waals surface area contributed by atoms with Gasteiger partial charge >= 0.3 is 5.97 Å². The summed E-state index contributed by atoms with van der Waals surface area (Å²) in [7, 11) is 0. The van der Waals surface area contributed by atoms with Gasteiger partial charge in [-0.2, -0.15) is 5.10 Å². The van der Waals surface area contributed by atoms with Crippen molar-refractivity contribution < 1.29 is 14.3 Å². The molecule has 0 bridgehead atoms. The third-order valence-electron chi connectivity index (χ3n) is 4.09. The largest absolute Gasteiger partial charge is 0.478 e. The van der Waals surface area contributed by atoms with E-state index in [0.29, 0.717) is 0 Å². The molecule has 0 aliphatic heterocycles. The summed E-state index contributed by atoms with van der Waals surface area (Å²) in [6, 6.07) is 13.7. The predicted molar refractivity (Wildman–Crippen MR) is 94.7 cm³/mol. The lowest BCUT2D eigenvalue weighted by Crippen LogP contribution is -2.05. The molecule has 3 aromatic rings. The van der Waals surface area contributed by atoms with Crippen LogP contribution in [0.25, 0.3) is 16.9 Å². The molecule has 1 heterocycles. The molecular formula is C20H19FN2O2. The van der Waals surface area contributed by atoms with Crippen LogP contribution < -0.4 is 0 Å². The van der Waals surface area contributed by atoms with Crippen molar-refractivity contribution in [2.45, 2.75) is 26.7 Å². The van der Waals surface area contributed by atoms with Crippen LogP contribution in [0.2, 0.25) is 0 Å². The highest BCUT2D eigenvalue weighted by atomic mass is 19.1. The van der Waals surface area contributed by atoms with E-state index in [1.165, 1.54) is 12.1 Å². The molecule has 0 aliphatic rings. The van der Waals surface area contributed by atoms with Crippen LogP contribution in [-0.2, 0) is 0 Å². The molecule has 0 aliphatic carbocycles. The van der Waals surface area contributed by atoms with Crippen molar-refractivity contribution in [3.8, 4) is 16.9 Å². The van der Waals surface area contributed by atoms with Gasteiger partial charge in [-0.25, -0.2) is 13.9 Å². The maximum absolute atomic E-state index is 14.5. The Labute approximate surface area is 145 Å². The van der Waals surface area contributed by atoms with Gasteiger partial charge in [0, 0.05) is 5.56 Å². The molecule has 2 aromatic carbocycles. The average molecular weight is 338 g/mol. The molecule has 0 atom stereocenters. The normalized spacial score (nSPS) is 11.1. The lowest BCUT2D eigenvalue weighted by Gasteiger charge is -2.10. The third kappa shape index (κ3) is 3.31. The Morgan fingerprint density at radius 1 is 1.12 bits per heavy atom. The molecule has 1 aromatic heterocycles. The lowest BCUT2D eigenvalue weighted by molar-refractivity contribution is 0.0696. The highest BCUT2D eigenvalue weighted by Crippen LogP contribution is 2.28. The lowest BCUT2D eigenvalue weighted by atomic mass is 10.1. The summed E-state index contributed by atoms with van der Waals surface area (Å²) in [5, 5.41) is 13.6. The summed E-state index contributed by atoms with van der Waals surface area (Å²) >= 11 is 0. The summed E-state index contributed by atoms with van der Waals surface area (Å²) < 4.78 is 16.1. The zero-order valence-corrected chi connectivity index (χ0v) is 14.3. The van der Waals surface area contributed by atoms with Gasteiger partial charge < -0.3 is 5.11 Å². The molecule has 128 valence electrons. The first-order valence-electron chi connectivity index (χ1n) is 8.07. The van der Waals surface area contributed by atoms with Crippen molar-refractivity contribution in [3.05, 3.63) is 71.2 Å². The molecule has 0 saturated carbocycles. The van der Waals surface area contributed by atoms with Crippen LogP contribution in [0.15, 0.2) is 48.5 Å². The Kier molecular flexibility index (Phi) is 4.40. The standard InChI is InChI=1S/C20H19FN2O2/c1-12(2)17-11-19(14-6-4-13(3)5-7-14)23(22-17)18-9-8-15(20(24)25)10-16(18)21/h4-12H,1-3H3,(H,24,25). The monoisotopic (exact) mass is 338 g/mol. The zero-order chi connectivity index (χ0) is 18.1. The molecule has 0 saturated heterocycles. The molecule has 5 heteroatoms. The highest BCUT2D eigenvalue weighted by molar-refractivity contribution is 5.87. The number of carboxylic acid groups (broad SMARTS) is 1. The van der Waals surface area contributed by atoms with Crippen LogP contribution in [0.5, 0.6) is 0 Å². The van der Waals surface area contributed by atoms with Gasteiger partial charge in [-0.3, -0.25) is 0 Å². The second-order valence-electron chi connectivity index (χ2n) is 6.36. The van der Waals surface area contributed by atoms with Crippen LogP contribution in [-0.4, -0.2) is 20.9 Å². The molecule has 4 nitrogen and oxygen atoms in total. The van der Waals surface area contributed by atoms with Gasteiger partial charge in [0.05, 0.1) is 17.0 Å². The summed E-state index contributed by atoms with van der Waals surface area (Å²) in [5.41, 5.74) is 3.81. The number of hydrogen-bond acceptors (Lipinski definition) is 2. The van der Waals surface area contributed by atoms with Gasteiger partial charge in [0.1, 0.15) is 11.5 Å². The molecule has 0 spiro atoms. The van der Waals surface area contributed by atoms with Crippen molar-refractivity contribution in [2.75, 3.05) is 0 Å². The minimum absolute atomic E-state index is 0.0885. The molecular weight excluding hydrogens is 319 g/mol. The second kappa shape index (κ2) is 6.51. The van der Waals surface area contributed by atoms with E-state index in [0.717, 1.165) is 28.6 Å². The molecule has 0 amide bonds. The molecule has 0 radical (unpaired) electrons. The first kappa shape index (κ1) is 16.9. The number of hydrogen-bond donors (Lipinski definition) is 1. The number of aromatic carboxylic acids is 1. The summed E-state index contributed by atoms with van der Waals surface area (Å²) in [5.74, 6) is -1.59. The number of halogens is 1. The van der Waals surface area contributed by atoms with Crippen LogP contribution >= 0.6 is 0 Å². The molecule has 1 N–H and O–H groups in total. The Bertz CT molecular complexity index is 927. The maximum atomic E-state index is 14.5. The minimum atomic E-state index is -1.16. The third-order valence-corrected chi connectivity index (χ3v) is 4.09. The van der Waals surface area contributed by atoms with Crippen LogP contribution in [0, 0.1) is 12.7 Å². The molecule has 25 heavy (non-hydrogen) atoms. The first-order chi connectivity index (χ1) is 11.9. The van der Waals surface area contributed by atoms with Gasteiger partial charge in [-0.1, -0.05) is 43.7 Å². The van der Waals surface area contributed by atoms with Crippen LogP contribution in [0.4, 0.5) is 4.39 Å². The predicted octanol–water partition coefficient (Wildman–Crippen LogP) is 4.81. The van der Waals surface area contributed by atoms with E-state index in [-0.39, 0.29) is 17.2 Å². The SMILES string of the molecule is Cc1ccc(-c2cc(C(C)C)nn2-c2ccc(C(=O)O)cc2F)cc1. The van der Waals surface area contributed by atoms with E-state index in [4.69, 9.17) is 5.11 Å². The van der Waals surface area contributed by atoms with Gasteiger partial charge in [0.2, 0.25) is 0 Å². The maximum Gasteiger partial charge on any atom is 0.335 e. The second-order valence-corrected chi connectivity index (χ2v) is 6.36. The number of carboxylic acids is 1. The summed E-state index contributed by atoms with van der Waals surface area (Å²) in [6.45, 7) is 6.05. The van der Waals surface area contributed by atoms with E-state index in [9.17, 15) is 9.18 Å². The van der Waals surface area contributed by atoms with E-state index in [2.05, 4.69) is 5.10 Å². The van der Waals surface area contributed by atoms with Crippen LogP contribution in [0.3, 0.4) is 0 Å². The number of carbonyl (C=O) groups is 1. The van der Waals surface area contributed by atoms with Gasteiger partial charge in [0.25, 0.3) is 0 Å². The Morgan fingerprint density at radius 3 is 2.36 bits per heavy atom. The quantitative estimate of drug-likeness (QED) is 0.743. The van der Waals surface area contributed by atoms with E-state index < -0.39 is 11.8 Å². The number of benzene rings is 2. The van der Waals surface area contributed by atoms with E-state index in [1.807, 2.05) is 51.1 Å². The fourth-order valence-electron chi connectivity index (χ4n) is 2.61. The summed E-state index contributed by atoms with van der Waals surface area (Å²) in [4.78, 5) is 11.0. The topological polar surface area (TPSA) is 55.1 Å². The molecule has 0 unspecified atom stereocenters. The highest BCUT2D eigenvalue weighted by Gasteiger charge is 2.17. The fourth-order valence-corrected chi connectivity index (χ4v) is 2.61. The van der Waals surface area contributed by atoms with Gasteiger partial charge in [-0.05, 0) is 37.1 Å². The van der Waals surface area contributed by atoms with Crippen LogP contribution in [0.1, 0.15) is 41.4 Å². The molecule has 3 rings (SSSR count). The van der Waals surface area contributed by atoms with Gasteiger partial charge in [0.15, 0.2) is 0 Å². The number of aryl methyl sites for hydroxylation is 1. The minimum Gasteiger partial charge on any atom is -0.478 e. The van der Waals surface area contributed by atoms with Crippen molar-refractivity contribution in [2.24, 2.45) is 0 Å². The molecule has 0 fully saturated rings. The van der Waals surface area contributed by atoms with Crippen molar-refractivity contribution in [1.29, 1.82) is 0 Å². The summed E-state index contributed by atoms with van der Waals surface area (Å²) in [6.07, 6.45) is 0. The Morgan fingerprint density at radius 2 is 1.80 bits per heavy atom. The Balaban J connectivity index is 2.18. The zero-order valence-electron chi connectivity index (χ0n) is 14.3. The van der Waals surface area contributed by atoms with Crippen molar-refractivity contribution in [3.63, 3.8) is 0 Å². The van der Waals surface area contributed by atoms with Gasteiger partial charge in [-0.15, -0.1) is 0 Å². The first-order valence-corrected chi connectivity index (χ1v) is 8.07. The Hall–Kier alpha value is -2.95. The van der Waals surface area contributed by atoms with E-state index >= 15 is 0 Å². The fraction of sp³-hybridized carbons (Fsp3) is 0.200. The number of nitrogens with zero attached hydrogens (tertiary/aromatic N) is 2. The number of aromatic nitrogens is 2. The van der Waals surface area contributed by atoms with Crippen molar-refractivity contribution in [1.82, 2.24) is 9.78 Å². The van der Waals surface area contributed by atoms with E-state index in [1.54, 1.807) is 4.68 Å². The smallest absolute Gasteiger partial charge is 0.335 e. The number of rotatable bonds is 4. The van der Waals surface area contributed by atoms with Crippen molar-refractivity contribution >= 4 is 5.97 Å². The average Bonchev–Trinajstić information content (AvgIpc) is 3.00.